The predicted molar refractivity (Wildman–Crippen MR) is 104 cm³/mol. The van der Waals surface area contributed by atoms with Gasteiger partial charge in [0.25, 0.3) is 5.91 Å². The van der Waals surface area contributed by atoms with Gasteiger partial charge in [-0.1, -0.05) is 12.1 Å². The molecule has 28 heavy (non-hydrogen) atoms. The SMILES string of the molecule is COc1ccc(NC(=O)COC(=O)Cc2ccc(NC(C)=O)cc2)c(OC)c1. The number of carbonyl (C=O) groups excluding carboxylic acids is 3. The Balaban J connectivity index is 1.84. The Hall–Kier alpha value is -3.55. The van der Waals surface area contributed by atoms with Gasteiger partial charge in [-0.05, 0) is 29.8 Å². The van der Waals surface area contributed by atoms with Gasteiger partial charge in [0.05, 0.1) is 26.3 Å². The molecule has 0 aliphatic heterocycles. The highest BCUT2D eigenvalue weighted by Gasteiger charge is 2.12. The van der Waals surface area contributed by atoms with Crippen molar-refractivity contribution in [2.45, 2.75) is 13.3 Å². The van der Waals surface area contributed by atoms with Gasteiger partial charge in [0.1, 0.15) is 11.5 Å². The Morgan fingerprint density at radius 2 is 1.64 bits per heavy atom. The molecule has 8 nitrogen and oxygen atoms in total. The van der Waals surface area contributed by atoms with Crippen LogP contribution in [0.3, 0.4) is 0 Å². The maximum Gasteiger partial charge on any atom is 0.310 e. The third-order valence-corrected chi connectivity index (χ3v) is 3.67. The van der Waals surface area contributed by atoms with Crippen molar-refractivity contribution in [1.29, 1.82) is 0 Å². The summed E-state index contributed by atoms with van der Waals surface area (Å²) in [6.45, 7) is 0.996. The molecular formula is C20H22N2O6. The van der Waals surface area contributed by atoms with E-state index in [2.05, 4.69) is 10.6 Å². The van der Waals surface area contributed by atoms with Gasteiger partial charge in [0.2, 0.25) is 5.91 Å². The van der Waals surface area contributed by atoms with Crippen LogP contribution in [-0.4, -0.2) is 38.6 Å². The molecule has 0 fully saturated rings. The number of rotatable bonds is 8. The van der Waals surface area contributed by atoms with Crippen LogP contribution in [0.4, 0.5) is 11.4 Å². The van der Waals surface area contributed by atoms with Crippen LogP contribution in [0.1, 0.15) is 12.5 Å². The summed E-state index contributed by atoms with van der Waals surface area (Å²) in [5.74, 6) is -0.183. The maximum absolute atomic E-state index is 12.0. The molecule has 0 aliphatic rings. The number of methoxy groups -OCH3 is 2. The minimum Gasteiger partial charge on any atom is -0.497 e. The summed E-state index contributed by atoms with van der Waals surface area (Å²) in [5.41, 5.74) is 1.78. The van der Waals surface area contributed by atoms with E-state index < -0.39 is 18.5 Å². The van der Waals surface area contributed by atoms with Gasteiger partial charge in [-0.3, -0.25) is 14.4 Å². The first kappa shape index (κ1) is 20.8. The first-order chi connectivity index (χ1) is 13.4. The maximum atomic E-state index is 12.0. The van der Waals surface area contributed by atoms with E-state index in [9.17, 15) is 14.4 Å². The van der Waals surface area contributed by atoms with Crippen LogP contribution in [0.15, 0.2) is 42.5 Å². The summed E-state index contributed by atoms with van der Waals surface area (Å²) in [6, 6.07) is 11.7. The van der Waals surface area contributed by atoms with Gasteiger partial charge in [0.15, 0.2) is 6.61 Å². The molecule has 0 bridgehead atoms. The third-order valence-electron chi connectivity index (χ3n) is 3.67. The molecule has 2 N–H and O–H groups in total. The second kappa shape index (κ2) is 9.96. The molecule has 0 aliphatic carbocycles. The molecule has 0 aromatic heterocycles. The average molecular weight is 386 g/mol. The van der Waals surface area contributed by atoms with Crippen molar-refractivity contribution in [2.75, 3.05) is 31.5 Å². The van der Waals surface area contributed by atoms with E-state index >= 15 is 0 Å². The highest BCUT2D eigenvalue weighted by molar-refractivity contribution is 5.94. The van der Waals surface area contributed by atoms with Crippen LogP contribution >= 0.6 is 0 Å². The number of benzene rings is 2. The molecule has 0 radical (unpaired) electrons. The molecule has 2 aromatic rings. The Bertz CT molecular complexity index is 848. The van der Waals surface area contributed by atoms with Gasteiger partial charge in [-0.2, -0.15) is 0 Å². The molecule has 0 saturated heterocycles. The van der Waals surface area contributed by atoms with Crippen LogP contribution in [-0.2, 0) is 25.5 Å². The monoisotopic (exact) mass is 386 g/mol. The largest absolute Gasteiger partial charge is 0.497 e. The lowest BCUT2D eigenvalue weighted by Gasteiger charge is -2.12. The van der Waals surface area contributed by atoms with E-state index in [4.69, 9.17) is 14.2 Å². The van der Waals surface area contributed by atoms with E-state index in [1.54, 1.807) is 42.5 Å². The lowest BCUT2D eigenvalue weighted by molar-refractivity contribution is -0.146. The summed E-state index contributed by atoms with van der Waals surface area (Å²) in [6.07, 6.45) is 0.0134. The number of hydrogen-bond donors (Lipinski definition) is 2. The second-order valence-corrected chi connectivity index (χ2v) is 5.83. The van der Waals surface area contributed by atoms with Gasteiger partial charge < -0.3 is 24.8 Å². The van der Waals surface area contributed by atoms with Crippen LogP contribution in [0, 0.1) is 0 Å². The molecule has 8 heteroatoms. The number of carbonyl (C=O) groups is 3. The summed E-state index contributed by atoms with van der Waals surface area (Å²) >= 11 is 0. The highest BCUT2D eigenvalue weighted by atomic mass is 16.5. The Morgan fingerprint density at radius 1 is 0.929 bits per heavy atom. The minimum atomic E-state index is -0.538. The van der Waals surface area contributed by atoms with Crippen molar-refractivity contribution in [3.63, 3.8) is 0 Å². The van der Waals surface area contributed by atoms with Crippen LogP contribution in [0.25, 0.3) is 0 Å². The number of nitrogens with one attached hydrogen (secondary N) is 2. The zero-order chi connectivity index (χ0) is 20.5. The minimum absolute atomic E-state index is 0.0134. The highest BCUT2D eigenvalue weighted by Crippen LogP contribution is 2.28. The van der Waals surface area contributed by atoms with E-state index in [0.717, 1.165) is 0 Å². The van der Waals surface area contributed by atoms with E-state index in [1.165, 1.54) is 21.1 Å². The van der Waals surface area contributed by atoms with Crippen molar-refractivity contribution in [3.8, 4) is 11.5 Å². The molecule has 0 unspecified atom stereocenters. The van der Waals surface area contributed by atoms with Crippen LogP contribution in [0.2, 0.25) is 0 Å². The first-order valence-electron chi connectivity index (χ1n) is 8.45. The molecule has 0 saturated carbocycles. The summed E-state index contributed by atoms with van der Waals surface area (Å²) in [7, 11) is 3.00. The Labute approximate surface area is 162 Å². The fraction of sp³-hybridized carbons (Fsp3) is 0.250. The van der Waals surface area contributed by atoms with Crippen molar-refractivity contribution in [2.24, 2.45) is 0 Å². The number of amides is 2. The summed E-state index contributed by atoms with van der Waals surface area (Å²) in [4.78, 5) is 34.9. The molecule has 2 aromatic carbocycles. The topological polar surface area (TPSA) is 103 Å². The molecule has 0 heterocycles. The van der Waals surface area contributed by atoms with Crippen molar-refractivity contribution in [1.82, 2.24) is 0 Å². The third kappa shape index (κ3) is 6.31. The van der Waals surface area contributed by atoms with Crippen LogP contribution in [0.5, 0.6) is 11.5 Å². The standard InChI is InChI=1S/C20H22N2O6/c1-13(23)21-15-6-4-14(5-7-15)10-20(25)28-12-19(24)22-17-9-8-16(26-2)11-18(17)27-3/h4-9,11H,10,12H2,1-3H3,(H,21,23)(H,22,24). The summed E-state index contributed by atoms with van der Waals surface area (Å²) < 4.78 is 15.3. The predicted octanol–water partition coefficient (Wildman–Crippen LogP) is 2.39. The number of ether oxygens (including phenoxy) is 3. The van der Waals surface area contributed by atoms with E-state index in [-0.39, 0.29) is 12.3 Å². The van der Waals surface area contributed by atoms with Crippen molar-refractivity contribution < 1.29 is 28.6 Å². The average Bonchev–Trinajstić information content (AvgIpc) is 2.68. The normalized spacial score (nSPS) is 9.96. The van der Waals surface area contributed by atoms with Gasteiger partial charge in [0, 0.05) is 18.7 Å². The van der Waals surface area contributed by atoms with Gasteiger partial charge in [-0.15, -0.1) is 0 Å². The van der Waals surface area contributed by atoms with E-state index in [0.29, 0.717) is 28.4 Å². The molecule has 2 rings (SSSR count). The molecule has 0 atom stereocenters. The zero-order valence-corrected chi connectivity index (χ0v) is 15.9. The van der Waals surface area contributed by atoms with Crippen LogP contribution < -0.4 is 20.1 Å². The fourth-order valence-electron chi connectivity index (χ4n) is 2.36. The van der Waals surface area contributed by atoms with Crippen molar-refractivity contribution >= 4 is 29.2 Å². The molecular weight excluding hydrogens is 364 g/mol. The molecule has 2 amide bonds. The summed E-state index contributed by atoms with van der Waals surface area (Å²) in [5, 5.41) is 5.26. The molecule has 148 valence electrons. The number of esters is 1. The van der Waals surface area contributed by atoms with E-state index in [1.807, 2.05) is 0 Å². The number of anilines is 2. The number of hydrogen-bond acceptors (Lipinski definition) is 6. The Kier molecular flexibility index (Phi) is 7.38. The smallest absolute Gasteiger partial charge is 0.310 e. The first-order valence-corrected chi connectivity index (χ1v) is 8.45. The fourth-order valence-corrected chi connectivity index (χ4v) is 2.36. The molecule has 0 spiro atoms. The van der Waals surface area contributed by atoms with Gasteiger partial charge >= 0.3 is 5.97 Å². The van der Waals surface area contributed by atoms with Crippen molar-refractivity contribution in [3.05, 3.63) is 48.0 Å². The lowest BCUT2D eigenvalue weighted by Crippen LogP contribution is -2.22. The lowest BCUT2D eigenvalue weighted by atomic mass is 10.1. The zero-order valence-electron chi connectivity index (χ0n) is 15.9. The quantitative estimate of drug-likeness (QED) is 0.676. The van der Waals surface area contributed by atoms with Gasteiger partial charge in [-0.25, -0.2) is 0 Å². The second-order valence-electron chi connectivity index (χ2n) is 5.83. The Morgan fingerprint density at radius 3 is 2.25 bits per heavy atom.